The number of rotatable bonds is 5. The van der Waals surface area contributed by atoms with E-state index in [1.54, 1.807) is 18.3 Å². The number of aromatic nitrogens is 1. The lowest BCUT2D eigenvalue weighted by Crippen LogP contribution is -2.28. The van der Waals surface area contributed by atoms with Gasteiger partial charge in [-0.15, -0.1) is 0 Å². The predicted octanol–water partition coefficient (Wildman–Crippen LogP) is 1.92. The van der Waals surface area contributed by atoms with Crippen molar-refractivity contribution < 1.29 is 19.2 Å². The molecule has 0 spiro atoms. The summed E-state index contributed by atoms with van der Waals surface area (Å²) in [7, 11) is 1.50. The smallest absolute Gasteiger partial charge is 0.407 e. The molecule has 5 heteroatoms. The molecular formula is C16H21N3O2. The van der Waals surface area contributed by atoms with Crippen LogP contribution in [0.5, 0.6) is 0 Å². The summed E-state index contributed by atoms with van der Waals surface area (Å²) in [6.07, 6.45) is -0.963. The topological polar surface area (TPSA) is 57.4 Å². The Hall–Kier alpha value is -2.01. The molecule has 1 fully saturated rings. The third kappa shape index (κ3) is 3.19. The highest BCUT2D eigenvalue weighted by Crippen LogP contribution is 2.21. The lowest BCUT2D eigenvalue weighted by Gasteiger charge is -2.09. The maximum absolute atomic E-state index is 11.4. The predicted molar refractivity (Wildman–Crippen MR) is 82.5 cm³/mol. The molecule has 0 saturated carbocycles. The van der Waals surface area contributed by atoms with E-state index in [2.05, 4.69) is 0 Å². The molecule has 1 aromatic carbocycles. The van der Waals surface area contributed by atoms with Gasteiger partial charge in [0.1, 0.15) is 6.61 Å². The molecule has 2 aromatic rings. The molecule has 2 heterocycles. The maximum atomic E-state index is 11.4. The number of likely N-dealkylation sites (N-methyl/N-ethyl adjacent to an activating group) is 1. The van der Waals surface area contributed by atoms with Gasteiger partial charge in [0.05, 0.1) is 6.04 Å². The van der Waals surface area contributed by atoms with Gasteiger partial charge in [-0.1, -0.05) is 6.07 Å². The Kier molecular flexibility index (Phi) is 2.16. The summed E-state index contributed by atoms with van der Waals surface area (Å²) in [5.74, 6) is 0. The van der Waals surface area contributed by atoms with Crippen molar-refractivity contribution in [3.8, 4) is 0 Å². The molecule has 0 aliphatic carbocycles. The zero-order valence-corrected chi connectivity index (χ0v) is 11.7. The van der Waals surface area contributed by atoms with Crippen LogP contribution in [-0.4, -0.2) is 49.2 Å². The number of fused-ring (bicyclic) bond motifs is 1. The number of ether oxygens (including phenoxy) is 1. The molecule has 112 valence electrons. The molecule has 0 radical (unpaired) electrons. The van der Waals surface area contributed by atoms with Crippen molar-refractivity contribution in [3.05, 3.63) is 35.5 Å². The minimum absolute atomic E-state index is 0.219. The molecule has 2 N–H and O–H groups in total. The van der Waals surface area contributed by atoms with Crippen LogP contribution in [0.1, 0.15) is 18.0 Å². The summed E-state index contributed by atoms with van der Waals surface area (Å²) in [4.78, 5) is 13.8. The molecule has 21 heavy (non-hydrogen) atoms. The first-order valence-corrected chi connectivity index (χ1v) is 6.72. The number of amides is 1. The molecule has 1 aliphatic heterocycles. The lowest BCUT2D eigenvalue weighted by molar-refractivity contribution is 0.177. The van der Waals surface area contributed by atoms with Crippen molar-refractivity contribution in [2.24, 2.45) is 0 Å². The monoisotopic (exact) mass is 294 g/mol. The van der Waals surface area contributed by atoms with Crippen molar-refractivity contribution >= 4 is 17.0 Å². The molecule has 1 atom stereocenters. The van der Waals surface area contributed by atoms with E-state index in [0.717, 1.165) is 5.56 Å². The van der Waals surface area contributed by atoms with Gasteiger partial charge in [-0.05, 0) is 50.1 Å². The number of nitrogens with one attached hydrogen (secondary N) is 2. The Morgan fingerprint density at radius 2 is 2.52 bits per heavy atom. The number of cyclic esters (lactones) is 1. The normalized spacial score (nSPS) is 24.9. The summed E-state index contributed by atoms with van der Waals surface area (Å²) in [5.41, 5.74) is 1.55. The number of alkyl carbamates (subject to hydrolysis) is 1. The van der Waals surface area contributed by atoms with E-state index in [0.29, 0.717) is 22.6 Å². The fourth-order valence-corrected chi connectivity index (χ4v) is 2.32. The number of benzene rings is 1. The maximum Gasteiger partial charge on any atom is 0.407 e. The van der Waals surface area contributed by atoms with Gasteiger partial charge in [0.2, 0.25) is 0 Å². The highest BCUT2D eigenvalue weighted by atomic mass is 16.6. The molecule has 1 aliphatic rings. The van der Waals surface area contributed by atoms with Crippen molar-refractivity contribution in [1.29, 1.82) is 0 Å². The van der Waals surface area contributed by atoms with E-state index in [4.69, 9.17) is 14.4 Å². The molecule has 0 bridgehead atoms. The van der Waals surface area contributed by atoms with Crippen LogP contribution in [0, 0.1) is 0 Å². The molecular weight excluding hydrogens is 266 g/mol. The fourth-order valence-electron chi connectivity index (χ4n) is 2.32. The Morgan fingerprint density at radius 1 is 1.62 bits per heavy atom. The summed E-state index contributed by atoms with van der Waals surface area (Å²) < 4.78 is 59.6. The Balaban J connectivity index is 1.93. The number of hydrogen-bond acceptors (Lipinski definition) is 3. The first kappa shape index (κ1) is 7.84. The third-order valence-corrected chi connectivity index (χ3v) is 3.38. The van der Waals surface area contributed by atoms with Crippen LogP contribution in [-0.2, 0) is 17.5 Å². The molecule has 1 aromatic heterocycles. The Morgan fingerprint density at radius 3 is 3.29 bits per heavy atom. The number of H-pyrrole nitrogens is 1. The number of hydrogen-bond donors (Lipinski definition) is 2. The molecule has 1 amide bonds. The standard InChI is InChI=1S/C16H21N3O2/c1-19(2)6-5-12-9-17-15-4-3-11(8-14(12)15)7-13-10-21-16(20)18-13/h3-4,8-9,13,17H,5-7,10H2,1-2H3,(H,18,20)/t13-/m0/s1/i1D3,7D2/hD2. The van der Waals surface area contributed by atoms with Crippen LogP contribution < -0.4 is 5.31 Å². The minimum Gasteiger partial charge on any atom is -0.447 e. The van der Waals surface area contributed by atoms with Crippen molar-refractivity contribution in [2.45, 2.75) is 18.8 Å². The van der Waals surface area contributed by atoms with Crippen LogP contribution in [0.25, 0.3) is 10.9 Å². The van der Waals surface area contributed by atoms with Gasteiger partial charge in [-0.3, -0.25) is 0 Å². The fraction of sp³-hybridized carbons (Fsp3) is 0.438. The van der Waals surface area contributed by atoms with Gasteiger partial charge in [-0.25, -0.2) is 4.79 Å². The average molecular weight is 294 g/mol. The second-order valence-electron chi connectivity index (χ2n) is 5.05. The second kappa shape index (κ2) is 5.77. The van der Waals surface area contributed by atoms with Crippen molar-refractivity contribution in [2.75, 3.05) is 27.2 Å². The SMILES string of the molecule is [2H]N1C(=O)OC[C@@H]1C([2H])([2H])c1ccc2c(c1)c(CCN(C)C([2H])([2H])[2H])cn2[2H]. The van der Waals surface area contributed by atoms with E-state index in [1.807, 2.05) is 0 Å². The highest BCUT2D eigenvalue weighted by Gasteiger charge is 2.22. The number of aromatic amines is 1. The van der Waals surface area contributed by atoms with Gasteiger partial charge in [0, 0.05) is 30.5 Å². The first-order valence-electron chi connectivity index (χ1n) is 10.1. The van der Waals surface area contributed by atoms with E-state index < -0.39 is 25.5 Å². The van der Waals surface area contributed by atoms with Crippen molar-refractivity contribution in [1.82, 2.24) is 15.2 Å². The zero-order chi connectivity index (χ0) is 20.9. The van der Waals surface area contributed by atoms with Gasteiger partial charge in [0.25, 0.3) is 0 Å². The molecule has 5 nitrogen and oxygen atoms in total. The largest absolute Gasteiger partial charge is 0.447 e. The number of carbonyl (C=O) groups excluding carboxylic acids is 1. The van der Waals surface area contributed by atoms with Crippen LogP contribution in [0.2, 0.25) is 2.82 Å². The van der Waals surface area contributed by atoms with Crippen LogP contribution in [0.3, 0.4) is 0 Å². The molecule has 0 unspecified atom stereocenters. The Bertz CT molecular complexity index is 896. The lowest BCUT2D eigenvalue weighted by atomic mass is 10.0. The highest BCUT2D eigenvalue weighted by molar-refractivity contribution is 5.84. The third-order valence-electron chi connectivity index (χ3n) is 3.38. The van der Waals surface area contributed by atoms with Crippen LogP contribution in [0.4, 0.5) is 4.79 Å². The summed E-state index contributed by atoms with van der Waals surface area (Å²) in [6.45, 7) is -2.18. The Labute approximate surface area is 134 Å². The van der Waals surface area contributed by atoms with Crippen LogP contribution in [0.15, 0.2) is 24.4 Å². The van der Waals surface area contributed by atoms with Gasteiger partial charge in [0.15, 0.2) is 2.82 Å². The molecule has 3 rings (SSSR count). The average Bonchev–Trinajstić information content (AvgIpc) is 3.12. The zero-order valence-electron chi connectivity index (χ0n) is 18.7. The van der Waals surface area contributed by atoms with Gasteiger partial charge in [-0.2, -0.15) is 0 Å². The van der Waals surface area contributed by atoms with Crippen molar-refractivity contribution in [3.63, 3.8) is 0 Å². The minimum atomic E-state index is -2.21. The van der Waals surface area contributed by atoms with E-state index in [-0.39, 0.29) is 18.7 Å². The van der Waals surface area contributed by atoms with E-state index >= 15 is 0 Å². The first-order chi connectivity index (χ1) is 12.9. The van der Waals surface area contributed by atoms with Gasteiger partial charge < -0.3 is 19.9 Å². The summed E-state index contributed by atoms with van der Waals surface area (Å²) in [6, 6.07) is 3.66. The summed E-state index contributed by atoms with van der Waals surface area (Å²) >= 11 is 0. The van der Waals surface area contributed by atoms with Crippen LogP contribution >= 0.6 is 0 Å². The number of carbonyl (C=O) groups is 1. The number of nitrogens with zero attached hydrogens (tertiary/aromatic N) is 1. The van der Waals surface area contributed by atoms with E-state index in [1.165, 1.54) is 23.0 Å². The van der Waals surface area contributed by atoms with Gasteiger partial charge >= 0.3 is 6.09 Å². The van der Waals surface area contributed by atoms with E-state index in [9.17, 15) is 4.79 Å². The second-order valence-corrected chi connectivity index (χ2v) is 5.05. The summed E-state index contributed by atoms with van der Waals surface area (Å²) in [5, 5.41) is 1.14. The molecule has 1 saturated heterocycles. The quantitative estimate of drug-likeness (QED) is 0.886.